The maximum atomic E-state index is 14.5. The Morgan fingerprint density at radius 3 is 2.19 bits per heavy atom. The second-order valence-corrected chi connectivity index (χ2v) is 13.0. The summed E-state index contributed by atoms with van der Waals surface area (Å²) in [6.45, 7) is 5.80. The summed E-state index contributed by atoms with van der Waals surface area (Å²) in [5.41, 5.74) is 8.30. The summed E-state index contributed by atoms with van der Waals surface area (Å²) >= 11 is 7.64. The van der Waals surface area contributed by atoms with Gasteiger partial charge in [0.2, 0.25) is 0 Å². The van der Waals surface area contributed by atoms with E-state index >= 15 is 0 Å². The zero-order valence-electron chi connectivity index (χ0n) is 26.7. The van der Waals surface area contributed by atoms with Crippen molar-refractivity contribution in [3.05, 3.63) is 168 Å². The summed E-state index contributed by atoms with van der Waals surface area (Å²) in [6.07, 6.45) is 1.95. The van der Waals surface area contributed by atoms with Gasteiger partial charge in [0.25, 0.3) is 5.56 Å². The van der Waals surface area contributed by atoms with Gasteiger partial charge in [-0.15, -0.1) is 0 Å². The molecule has 2 aromatic heterocycles. The van der Waals surface area contributed by atoms with Crippen molar-refractivity contribution in [1.29, 1.82) is 0 Å². The number of thiazole rings is 1. The van der Waals surface area contributed by atoms with Gasteiger partial charge in [-0.05, 0) is 73.9 Å². The molecule has 4 aromatic carbocycles. The van der Waals surface area contributed by atoms with Crippen molar-refractivity contribution < 1.29 is 9.53 Å². The number of carbonyl (C=O) groups excluding carboxylic acids is 1. The second kappa shape index (κ2) is 13.1. The Morgan fingerprint density at radius 2 is 1.54 bits per heavy atom. The quantitative estimate of drug-likeness (QED) is 0.163. The summed E-state index contributed by atoms with van der Waals surface area (Å²) in [5.74, 6) is -0.475. The Morgan fingerprint density at radius 1 is 0.896 bits per heavy atom. The largest absolute Gasteiger partial charge is 0.463 e. The topological polar surface area (TPSA) is 65.6 Å². The van der Waals surface area contributed by atoms with Crippen molar-refractivity contribution in [3.8, 4) is 28.2 Å². The van der Waals surface area contributed by atoms with Crippen molar-refractivity contribution in [2.75, 3.05) is 6.61 Å². The van der Waals surface area contributed by atoms with Gasteiger partial charge in [0.15, 0.2) is 4.80 Å². The van der Waals surface area contributed by atoms with Gasteiger partial charge < -0.3 is 9.30 Å². The molecule has 0 saturated heterocycles. The predicted molar refractivity (Wildman–Crippen MR) is 193 cm³/mol. The predicted octanol–water partition coefficient (Wildman–Crippen LogP) is 7.88. The van der Waals surface area contributed by atoms with Gasteiger partial charge in [-0.3, -0.25) is 9.36 Å². The van der Waals surface area contributed by atoms with Gasteiger partial charge >= 0.3 is 5.97 Å². The van der Waals surface area contributed by atoms with Gasteiger partial charge in [0.05, 0.1) is 39.8 Å². The Kier molecular flexibility index (Phi) is 8.56. The van der Waals surface area contributed by atoms with Gasteiger partial charge in [-0.2, -0.15) is 0 Å². The molecule has 238 valence electrons. The first-order valence-electron chi connectivity index (χ1n) is 15.7. The molecule has 0 radical (unpaired) electrons. The monoisotopic (exact) mass is 669 g/mol. The van der Waals surface area contributed by atoms with Gasteiger partial charge in [-0.1, -0.05) is 113 Å². The van der Waals surface area contributed by atoms with E-state index in [1.54, 1.807) is 18.4 Å². The van der Waals surface area contributed by atoms with Crippen molar-refractivity contribution >= 4 is 35.0 Å². The molecule has 3 heterocycles. The molecule has 0 spiro atoms. The fourth-order valence-corrected chi connectivity index (χ4v) is 7.37. The smallest absolute Gasteiger partial charge is 0.338 e. The number of esters is 1. The average molecular weight is 670 g/mol. The highest BCUT2D eigenvalue weighted by Gasteiger charge is 2.33. The molecule has 7 rings (SSSR count). The van der Waals surface area contributed by atoms with E-state index in [2.05, 4.69) is 34.9 Å². The molecule has 1 aliphatic rings. The Balaban J connectivity index is 1.51. The summed E-state index contributed by atoms with van der Waals surface area (Å²) in [6, 6.07) is 37.4. The number of ether oxygens (including phenoxy) is 1. The van der Waals surface area contributed by atoms with Crippen LogP contribution in [0.15, 0.2) is 136 Å². The molecule has 6 nitrogen and oxygen atoms in total. The van der Waals surface area contributed by atoms with Crippen molar-refractivity contribution in [1.82, 2.24) is 9.13 Å². The minimum atomic E-state index is -0.671. The number of benzene rings is 4. The molecule has 0 N–H and O–H groups in total. The average Bonchev–Trinajstić information content (AvgIpc) is 3.62. The lowest BCUT2D eigenvalue weighted by Gasteiger charge is -2.24. The summed E-state index contributed by atoms with van der Waals surface area (Å²) < 4.78 is 9.82. The van der Waals surface area contributed by atoms with E-state index in [4.69, 9.17) is 21.3 Å². The SMILES string of the molecule is CCOC(=O)C1=C(C)N=c2s/c(=C\c3cc(-c4ccccc4)n(-c4ccc(Cl)cc4)c3-c3ccccc3)c(=O)n2[C@@H]1c1ccc(C)cc1. The number of fused-ring (bicyclic) bond motifs is 1. The number of aromatic nitrogens is 2. The number of nitrogens with zero attached hydrogens (tertiary/aromatic N) is 3. The van der Waals surface area contributed by atoms with Gasteiger partial charge in [-0.25, -0.2) is 9.79 Å². The van der Waals surface area contributed by atoms with E-state index < -0.39 is 12.0 Å². The maximum Gasteiger partial charge on any atom is 0.338 e. The molecular weight excluding hydrogens is 638 g/mol. The lowest BCUT2D eigenvalue weighted by atomic mass is 9.95. The van der Waals surface area contributed by atoms with E-state index in [9.17, 15) is 9.59 Å². The molecule has 0 saturated carbocycles. The molecule has 0 unspecified atom stereocenters. The van der Waals surface area contributed by atoms with Crippen LogP contribution in [0.3, 0.4) is 0 Å². The molecule has 1 aliphatic heterocycles. The number of aryl methyl sites for hydroxylation is 1. The van der Waals surface area contributed by atoms with Crippen LogP contribution in [-0.2, 0) is 9.53 Å². The molecular formula is C40H32ClN3O3S. The van der Waals surface area contributed by atoms with Crippen LogP contribution >= 0.6 is 22.9 Å². The van der Waals surface area contributed by atoms with Crippen LogP contribution in [0.1, 0.15) is 36.6 Å². The number of hydrogen-bond acceptors (Lipinski definition) is 5. The molecule has 6 aromatic rings. The molecule has 48 heavy (non-hydrogen) atoms. The number of allylic oxidation sites excluding steroid dienone is 1. The van der Waals surface area contributed by atoms with E-state index in [1.165, 1.54) is 11.3 Å². The molecule has 0 amide bonds. The Bertz CT molecular complexity index is 2350. The van der Waals surface area contributed by atoms with E-state index in [0.717, 1.165) is 44.9 Å². The first kappa shape index (κ1) is 31.4. The molecule has 0 fully saturated rings. The van der Waals surface area contributed by atoms with E-state index in [1.807, 2.05) is 97.9 Å². The maximum absolute atomic E-state index is 14.5. The first-order valence-corrected chi connectivity index (χ1v) is 16.9. The third-order valence-electron chi connectivity index (χ3n) is 8.43. The highest BCUT2D eigenvalue weighted by atomic mass is 35.5. The summed E-state index contributed by atoms with van der Waals surface area (Å²) in [7, 11) is 0. The number of rotatable bonds is 7. The summed E-state index contributed by atoms with van der Waals surface area (Å²) in [5, 5.41) is 0.648. The standard InChI is InChI=1S/C40H32ClN3O3S/c1-4-47-39(46)35-26(3)42-40-44(37(35)29-17-15-25(2)16-18-29)38(45)34(48-40)24-30-23-33(27-11-7-5-8-12-27)43(32-21-19-31(41)20-22-32)36(30)28-13-9-6-10-14-28/h5-24,37H,4H2,1-3H3/b34-24-/t37-/m1/s1. The zero-order valence-corrected chi connectivity index (χ0v) is 28.3. The van der Waals surface area contributed by atoms with Crippen LogP contribution in [0, 0.1) is 6.92 Å². The summed E-state index contributed by atoms with van der Waals surface area (Å²) in [4.78, 5) is 33.2. The van der Waals surface area contributed by atoms with Gasteiger partial charge in [0, 0.05) is 16.3 Å². The lowest BCUT2D eigenvalue weighted by molar-refractivity contribution is -0.139. The Labute approximate surface area is 287 Å². The lowest BCUT2D eigenvalue weighted by Crippen LogP contribution is -2.39. The fourth-order valence-electron chi connectivity index (χ4n) is 6.21. The zero-order chi connectivity index (χ0) is 33.4. The van der Waals surface area contributed by atoms with Crippen molar-refractivity contribution in [2.24, 2.45) is 4.99 Å². The van der Waals surface area contributed by atoms with Crippen LogP contribution in [-0.4, -0.2) is 21.7 Å². The number of hydrogen-bond donors (Lipinski definition) is 0. The number of carbonyl (C=O) groups is 1. The molecule has 0 aliphatic carbocycles. The van der Waals surface area contributed by atoms with Gasteiger partial charge in [0.1, 0.15) is 0 Å². The van der Waals surface area contributed by atoms with Crippen LogP contribution < -0.4 is 14.9 Å². The molecule has 1 atom stereocenters. The molecule has 8 heteroatoms. The minimum absolute atomic E-state index is 0.220. The molecule has 0 bridgehead atoms. The normalized spacial score (nSPS) is 14.5. The van der Waals surface area contributed by atoms with Crippen LogP contribution in [0.2, 0.25) is 5.02 Å². The van der Waals surface area contributed by atoms with Crippen molar-refractivity contribution in [3.63, 3.8) is 0 Å². The highest BCUT2D eigenvalue weighted by molar-refractivity contribution is 7.07. The third kappa shape index (κ3) is 5.76. The third-order valence-corrected chi connectivity index (χ3v) is 9.66. The van der Waals surface area contributed by atoms with E-state index in [0.29, 0.717) is 25.6 Å². The first-order chi connectivity index (χ1) is 23.3. The minimum Gasteiger partial charge on any atom is -0.463 e. The van der Waals surface area contributed by atoms with Crippen molar-refractivity contribution in [2.45, 2.75) is 26.8 Å². The van der Waals surface area contributed by atoms with Crippen LogP contribution in [0.5, 0.6) is 0 Å². The number of halogens is 1. The Hall–Kier alpha value is -5.24. The highest BCUT2D eigenvalue weighted by Crippen LogP contribution is 2.37. The van der Waals surface area contributed by atoms with E-state index in [-0.39, 0.29) is 12.2 Å². The van der Waals surface area contributed by atoms with Crippen LogP contribution in [0.25, 0.3) is 34.3 Å². The fraction of sp³-hybridized carbons (Fsp3) is 0.125. The van der Waals surface area contributed by atoms with Crippen LogP contribution in [0.4, 0.5) is 0 Å². The second-order valence-electron chi connectivity index (χ2n) is 11.6.